The molecule has 2 N–H and O–H groups in total. The number of hydrogen-bond acceptors (Lipinski definition) is 5. The van der Waals surface area contributed by atoms with E-state index in [2.05, 4.69) is 42.7 Å². The second-order valence-electron chi connectivity index (χ2n) is 6.97. The third-order valence-electron chi connectivity index (χ3n) is 4.44. The van der Waals surface area contributed by atoms with E-state index in [1.807, 2.05) is 42.5 Å². The summed E-state index contributed by atoms with van der Waals surface area (Å²) in [4.78, 5) is 9.45. The van der Waals surface area contributed by atoms with Gasteiger partial charge in [0.05, 0.1) is 0 Å². The van der Waals surface area contributed by atoms with Crippen molar-refractivity contribution in [3.8, 4) is 11.4 Å². The average molecular weight is 377 g/mol. The Bertz CT molecular complexity index is 881. The number of anilines is 3. The fraction of sp³-hybridized carbons (Fsp3) is 0.304. The maximum atomic E-state index is 5.13. The van der Waals surface area contributed by atoms with Gasteiger partial charge in [-0.05, 0) is 24.0 Å². The molecule has 3 rings (SSSR count). The molecule has 0 spiro atoms. The molecule has 3 aromatic rings. The summed E-state index contributed by atoms with van der Waals surface area (Å²) in [6, 6.07) is 20.3. The van der Waals surface area contributed by atoms with Gasteiger partial charge in [0.25, 0.3) is 0 Å². The minimum absolute atomic E-state index is 0.422. The largest absolute Gasteiger partial charge is 0.385 e. The van der Waals surface area contributed by atoms with Crippen LogP contribution in [0.5, 0.6) is 0 Å². The van der Waals surface area contributed by atoms with Crippen LogP contribution in [0.1, 0.15) is 31.7 Å². The molecule has 5 heteroatoms. The lowest BCUT2D eigenvalue weighted by Crippen LogP contribution is -2.08. The first-order valence-corrected chi connectivity index (χ1v) is 9.70. The Kier molecular flexibility index (Phi) is 6.98. The normalized spacial score (nSPS) is 10.9. The quantitative estimate of drug-likeness (QED) is 0.486. The van der Waals surface area contributed by atoms with Crippen LogP contribution in [0.2, 0.25) is 0 Å². The fourth-order valence-electron chi connectivity index (χ4n) is 3.00. The van der Waals surface area contributed by atoms with Crippen LogP contribution >= 0.6 is 0 Å². The molecule has 0 radical (unpaired) electrons. The molecule has 0 aliphatic carbocycles. The fourth-order valence-corrected chi connectivity index (χ4v) is 3.00. The van der Waals surface area contributed by atoms with Gasteiger partial charge in [-0.3, -0.25) is 0 Å². The number of para-hydroxylation sites is 1. The highest BCUT2D eigenvalue weighted by Gasteiger charge is 2.10. The number of methoxy groups -OCH3 is 1. The Morgan fingerprint density at radius 3 is 2.39 bits per heavy atom. The highest BCUT2D eigenvalue weighted by Crippen LogP contribution is 2.28. The molecule has 146 valence electrons. The van der Waals surface area contributed by atoms with Crippen molar-refractivity contribution in [2.24, 2.45) is 0 Å². The van der Waals surface area contributed by atoms with Gasteiger partial charge in [-0.25, -0.2) is 9.97 Å². The van der Waals surface area contributed by atoms with Crippen molar-refractivity contribution in [1.82, 2.24) is 9.97 Å². The highest BCUT2D eigenvalue weighted by molar-refractivity contribution is 5.67. The average Bonchev–Trinajstić information content (AvgIpc) is 2.72. The second-order valence-corrected chi connectivity index (χ2v) is 6.97. The predicted octanol–water partition coefficient (Wildman–Crippen LogP) is 5.46. The standard InChI is InChI=1S/C23H28N4O/c1-17(2)19-12-7-8-13-20(19)25-22-16-21(24-14-9-15-28-3)26-23(27-22)18-10-5-4-6-11-18/h4-8,10-13,16-17H,9,14-15H2,1-3H3,(H2,24,25,26,27). The van der Waals surface area contributed by atoms with Gasteiger partial charge in [-0.2, -0.15) is 0 Å². The third kappa shape index (κ3) is 5.30. The van der Waals surface area contributed by atoms with E-state index in [0.717, 1.165) is 42.5 Å². The zero-order chi connectivity index (χ0) is 19.8. The van der Waals surface area contributed by atoms with Gasteiger partial charge >= 0.3 is 0 Å². The van der Waals surface area contributed by atoms with Crippen LogP contribution in [-0.2, 0) is 4.74 Å². The molecule has 0 unspecified atom stereocenters. The Labute approximate surface area is 167 Å². The van der Waals surface area contributed by atoms with Crippen molar-refractivity contribution in [2.75, 3.05) is 30.9 Å². The SMILES string of the molecule is COCCCNc1cc(Nc2ccccc2C(C)C)nc(-c2ccccc2)n1. The molecule has 0 saturated heterocycles. The number of benzene rings is 2. The summed E-state index contributed by atoms with van der Waals surface area (Å²) in [6.07, 6.45) is 0.917. The number of ether oxygens (including phenoxy) is 1. The smallest absolute Gasteiger partial charge is 0.163 e. The van der Waals surface area contributed by atoms with Gasteiger partial charge in [-0.1, -0.05) is 62.4 Å². The molecule has 0 aliphatic rings. The molecule has 5 nitrogen and oxygen atoms in total. The number of hydrogen-bond donors (Lipinski definition) is 2. The van der Waals surface area contributed by atoms with Crippen molar-refractivity contribution in [2.45, 2.75) is 26.2 Å². The Hall–Kier alpha value is -2.92. The van der Waals surface area contributed by atoms with Crippen molar-refractivity contribution < 1.29 is 4.74 Å². The summed E-state index contributed by atoms with van der Waals surface area (Å²) in [5, 5.41) is 6.87. The van der Waals surface area contributed by atoms with Crippen LogP contribution in [0.4, 0.5) is 17.3 Å². The zero-order valence-electron chi connectivity index (χ0n) is 16.8. The lowest BCUT2D eigenvalue weighted by Gasteiger charge is -2.16. The van der Waals surface area contributed by atoms with E-state index in [1.165, 1.54) is 5.56 Å². The molecule has 1 aromatic heterocycles. The molecular weight excluding hydrogens is 348 g/mol. The number of rotatable bonds is 9. The topological polar surface area (TPSA) is 59.1 Å². The van der Waals surface area contributed by atoms with Crippen molar-refractivity contribution in [1.29, 1.82) is 0 Å². The van der Waals surface area contributed by atoms with Crippen molar-refractivity contribution >= 4 is 17.3 Å². The molecule has 0 amide bonds. The van der Waals surface area contributed by atoms with Gasteiger partial charge in [0.1, 0.15) is 11.6 Å². The maximum absolute atomic E-state index is 5.13. The zero-order valence-corrected chi connectivity index (χ0v) is 16.8. The van der Waals surface area contributed by atoms with E-state index in [9.17, 15) is 0 Å². The lowest BCUT2D eigenvalue weighted by molar-refractivity contribution is 0.198. The van der Waals surface area contributed by atoms with E-state index >= 15 is 0 Å². The molecule has 28 heavy (non-hydrogen) atoms. The number of aromatic nitrogens is 2. The Morgan fingerprint density at radius 1 is 0.929 bits per heavy atom. The summed E-state index contributed by atoms with van der Waals surface area (Å²) in [7, 11) is 1.71. The summed E-state index contributed by atoms with van der Waals surface area (Å²) in [5.41, 5.74) is 3.32. The molecule has 0 fully saturated rings. The van der Waals surface area contributed by atoms with E-state index in [1.54, 1.807) is 7.11 Å². The molecule has 1 heterocycles. The summed E-state index contributed by atoms with van der Waals surface area (Å²) < 4.78 is 5.13. The first kappa shape index (κ1) is 19.8. The first-order chi connectivity index (χ1) is 13.7. The minimum atomic E-state index is 0.422. The van der Waals surface area contributed by atoms with Crippen LogP contribution in [0.3, 0.4) is 0 Å². The van der Waals surface area contributed by atoms with Crippen molar-refractivity contribution in [3.05, 3.63) is 66.2 Å². The molecule has 0 bridgehead atoms. The first-order valence-electron chi connectivity index (χ1n) is 9.70. The number of nitrogens with zero attached hydrogens (tertiary/aromatic N) is 2. The summed E-state index contributed by atoms with van der Waals surface area (Å²) in [5.74, 6) is 2.69. The van der Waals surface area contributed by atoms with Gasteiger partial charge < -0.3 is 15.4 Å². The summed E-state index contributed by atoms with van der Waals surface area (Å²) >= 11 is 0. The van der Waals surface area contributed by atoms with Crippen LogP contribution in [0, 0.1) is 0 Å². The van der Waals surface area contributed by atoms with Gasteiger partial charge in [0, 0.05) is 37.6 Å². The Balaban J connectivity index is 1.91. The monoisotopic (exact) mass is 376 g/mol. The van der Waals surface area contributed by atoms with E-state index in [4.69, 9.17) is 14.7 Å². The predicted molar refractivity (Wildman–Crippen MR) is 116 cm³/mol. The molecular formula is C23H28N4O. The third-order valence-corrected chi connectivity index (χ3v) is 4.44. The molecule has 0 aliphatic heterocycles. The van der Waals surface area contributed by atoms with E-state index in [0.29, 0.717) is 11.7 Å². The van der Waals surface area contributed by atoms with Crippen LogP contribution in [0.15, 0.2) is 60.7 Å². The van der Waals surface area contributed by atoms with E-state index < -0.39 is 0 Å². The second kappa shape index (κ2) is 9.85. The van der Waals surface area contributed by atoms with Gasteiger partial charge in [-0.15, -0.1) is 0 Å². The van der Waals surface area contributed by atoms with Crippen molar-refractivity contribution in [3.63, 3.8) is 0 Å². The highest BCUT2D eigenvalue weighted by atomic mass is 16.5. The Morgan fingerprint density at radius 2 is 1.64 bits per heavy atom. The van der Waals surface area contributed by atoms with Crippen LogP contribution < -0.4 is 10.6 Å². The van der Waals surface area contributed by atoms with E-state index in [-0.39, 0.29) is 0 Å². The number of nitrogens with one attached hydrogen (secondary N) is 2. The maximum Gasteiger partial charge on any atom is 0.163 e. The minimum Gasteiger partial charge on any atom is -0.385 e. The molecule has 2 aromatic carbocycles. The van der Waals surface area contributed by atoms with Crippen LogP contribution in [0.25, 0.3) is 11.4 Å². The molecule has 0 saturated carbocycles. The van der Waals surface area contributed by atoms with Gasteiger partial charge in [0.2, 0.25) is 0 Å². The molecule has 0 atom stereocenters. The summed E-state index contributed by atoms with van der Waals surface area (Å²) in [6.45, 7) is 5.90. The lowest BCUT2D eigenvalue weighted by atomic mass is 10.0. The van der Waals surface area contributed by atoms with Gasteiger partial charge in [0.15, 0.2) is 5.82 Å². The van der Waals surface area contributed by atoms with Crippen LogP contribution in [-0.4, -0.2) is 30.2 Å².